The van der Waals surface area contributed by atoms with Gasteiger partial charge in [-0.3, -0.25) is 4.79 Å². The lowest BCUT2D eigenvalue weighted by Crippen LogP contribution is -2.45. The Kier molecular flexibility index (Phi) is 6.58. The molecule has 4 nitrogen and oxygen atoms in total. The second-order valence-corrected chi connectivity index (χ2v) is 7.09. The van der Waals surface area contributed by atoms with E-state index in [4.69, 9.17) is 9.47 Å². The van der Waals surface area contributed by atoms with Crippen LogP contribution in [-0.2, 0) is 20.9 Å². The number of carbonyl (C=O) groups excluding carboxylic acids is 1. The monoisotopic (exact) mass is 331 g/mol. The van der Waals surface area contributed by atoms with E-state index >= 15 is 0 Å². The Bertz CT molecular complexity index is 541. The molecule has 0 spiro atoms. The van der Waals surface area contributed by atoms with E-state index in [-0.39, 0.29) is 23.6 Å². The van der Waals surface area contributed by atoms with E-state index in [2.05, 4.69) is 6.58 Å². The summed E-state index contributed by atoms with van der Waals surface area (Å²) >= 11 is 0. The Balaban J connectivity index is 1.94. The molecule has 1 unspecified atom stereocenters. The maximum absolute atomic E-state index is 12.8. The van der Waals surface area contributed by atoms with Crippen molar-refractivity contribution in [1.29, 1.82) is 0 Å². The fourth-order valence-corrected chi connectivity index (χ4v) is 3.05. The summed E-state index contributed by atoms with van der Waals surface area (Å²) < 4.78 is 11.4. The van der Waals surface area contributed by atoms with Crippen LogP contribution in [0.25, 0.3) is 0 Å². The van der Waals surface area contributed by atoms with Crippen LogP contribution in [0.4, 0.5) is 0 Å². The zero-order valence-electron chi connectivity index (χ0n) is 15.0. The van der Waals surface area contributed by atoms with Gasteiger partial charge in [-0.1, -0.05) is 50.3 Å². The van der Waals surface area contributed by atoms with E-state index in [0.29, 0.717) is 19.6 Å². The van der Waals surface area contributed by atoms with E-state index in [1.165, 1.54) is 0 Å². The van der Waals surface area contributed by atoms with E-state index in [1.54, 1.807) is 7.11 Å². The van der Waals surface area contributed by atoms with E-state index in [9.17, 15) is 4.79 Å². The number of ether oxygens (including phenoxy) is 2. The third kappa shape index (κ3) is 4.92. The van der Waals surface area contributed by atoms with Crippen LogP contribution in [0.5, 0.6) is 0 Å². The third-order valence-corrected chi connectivity index (χ3v) is 4.59. The molecule has 1 aliphatic heterocycles. The molecule has 1 amide bonds. The number of nitrogens with zero attached hydrogens (tertiary/aromatic N) is 1. The van der Waals surface area contributed by atoms with Crippen molar-refractivity contribution >= 4 is 5.91 Å². The number of benzene rings is 1. The first kappa shape index (κ1) is 18.7. The summed E-state index contributed by atoms with van der Waals surface area (Å²) in [7, 11) is 1.66. The van der Waals surface area contributed by atoms with E-state index in [1.807, 2.05) is 55.2 Å². The van der Waals surface area contributed by atoms with Crippen LogP contribution in [-0.4, -0.2) is 36.8 Å². The molecule has 1 saturated heterocycles. The van der Waals surface area contributed by atoms with Crippen molar-refractivity contribution in [2.45, 2.75) is 52.0 Å². The molecule has 0 aromatic heterocycles. The Hall–Kier alpha value is -1.65. The molecule has 2 atom stereocenters. The number of rotatable bonds is 8. The van der Waals surface area contributed by atoms with E-state index in [0.717, 1.165) is 18.4 Å². The molecule has 24 heavy (non-hydrogen) atoms. The van der Waals surface area contributed by atoms with Crippen LogP contribution in [0.3, 0.4) is 0 Å². The summed E-state index contributed by atoms with van der Waals surface area (Å²) in [4.78, 5) is 14.6. The Labute approximate surface area is 145 Å². The predicted molar refractivity (Wildman–Crippen MR) is 95.4 cm³/mol. The molecule has 2 rings (SSSR count). The lowest BCUT2D eigenvalue weighted by molar-refractivity contribution is -0.146. The topological polar surface area (TPSA) is 38.8 Å². The molecule has 1 aromatic carbocycles. The highest BCUT2D eigenvalue weighted by atomic mass is 16.5. The van der Waals surface area contributed by atoms with Crippen LogP contribution in [0.15, 0.2) is 43.0 Å². The molecule has 0 bridgehead atoms. The second-order valence-electron chi connectivity index (χ2n) is 7.09. The third-order valence-electron chi connectivity index (χ3n) is 4.59. The summed E-state index contributed by atoms with van der Waals surface area (Å²) in [5.41, 5.74) is 0.928. The minimum atomic E-state index is -0.215. The van der Waals surface area contributed by atoms with Crippen molar-refractivity contribution in [3.05, 3.63) is 48.6 Å². The zero-order chi connectivity index (χ0) is 17.6. The van der Waals surface area contributed by atoms with Crippen molar-refractivity contribution < 1.29 is 14.3 Å². The van der Waals surface area contributed by atoms with Crippen LogP contribution in [0, 0.1) is 5.41 Å². The molecule has 0 radical (unpaired) electrons. The summed E-state index contributed by atoms with van der Waals surface area (Å²) in [6, 6.07) is 10.2. The first-order chi connectivity index (χ1) is 11.5. The highest BCUT2D eigenvalue weighted by Crippen LogP contribution is 2.30. The molecule has 0 N–H and O–H groups in total. The fraction of sp³-hybridized carbons (Fsp3) is 0.550. The van der Waals surface area contributed by atoms with Gasteiger partial charge in [0.1, 0.15) is 6.23 Å². The van der Waals surface area contributed by atoms with Crippen LogP contribution >= 0.6 is 0 Å². The van der Waals surface area contributed by atoms with Gasteiger partial charge < -0.3 is 14.4 Å². The molecule has 1 heterocycles. The maximum atomic E-state index is 12.8. The summed E-state index contributed by atoms with van der Waals surface area (Å²) in [5.74, 6) is 0.109. The van der Waals surface area contributed by atoms with Gasteiger partial charge in [0.15, 0.2) is 0 Å². The summed E-state index contributed by atoms with van der Waals surface area (Å²) in [5, 5.41) is 0. The van der Waals surface area contributed by atoms with Crippen molar-refractivity contribution in [3.63, 3.8) is 0 Å². The molecule has 1 aliphatic rings. The standard InChI is InChI=1S/C20H29NO3/c1-5-20(2,3)13-18(22)21-17(11-12-19(21)23-4)15-24-14-16-9-7-6-8-10-16/h5-10,17,19H,1,11-15H2,2-4H3/t17-,19?/m0/s1. The number of amides is 1. The number of carbonyl (C=O) groups is 1. The van der Waals surface area contributed by atoms with Gasteiger partial charge in [0.25, 0.3) is 0 Å². The molecule has 4 heteroatoms. The Morgan fingerprint density at radius 3 is 2.67 bits per heavy atom. The van der Waals surface area contributed by atoms with E-state index < -0.39 is 0 Å². The molecule has 0 aliphatic carbocycles. The molecule has 132 valence electrons. The molecular weight excluding hydrogens is 302 g/mol. The second kappa shape index (κ2) is 8.45. The average molecular weight is 331 g/mol. The number of methoxy groups -OCH3 is 1. The first-order valence-electron chi connectivity index (χ1n) is 8.56. The fourth-order valence-electron chi connectivity index (χ4n) is 3.05. The average Bonchev–Trinajstić information content (AvgIpc) is 2.98. The highest BCUT2D eigenvalue weighted by molar-refractivity contribution is 5.78. The normalized spacial score (nSPS) is 21.0. The van der Waals surface area contributed by atoms with Crippen LogP contribution in [0.1, 0.15) is 38.7 Å². The van der Waals surface area contributed by atoms with Crippen molar-refractivity contribution in [2.75, 3.05) is 13.7 Å². The van der Waals surface area contributed by atoms with Gasteiger partial charge in [-0.2, -0.15) is 0 Å². The Morgan fingerprint density at radius 2 is 2.04 bits per heavy atom. The lowest BCUT2D eigenvalue weighted by atomic mass is 9.89. The van der Waals surface area contributed by atoms with Crippen LogP contribution < -0.4 is 0 Å². The number of likely N-dealkylation sites (tertiary alicyclic amines) is 1. The molecule has 1 fully saturated rings. The predicted octanol–water partition coefficient (Wildman–Crippen LogP) is 3.77. The van der Waals surface area contributed by atoms with Crippen molar-refractivity contribution in [1.82, 2.24) is 4.90 Å². The number of hydrogen-bond acceptors (Lipinski definition) is 3. The smallest absolute Gasteiger partial charge is 0.225 e. The Morgan fingerprint density at radius 1 is 1.33 bits per heavy atom. The largest absolute Gasteiger partial charge is 0.375 e. The van der Waals surface area contributed by atoms with Gasteiger partial charge in [-0.15, -0.1) is 6.58 Å². The minimum Gasteiger partial charge on any atom is -0.375 e. The van der Waals surface area contributed by atoms with Gasteiger partial charge >= 0.3 is 0 Å². The van der Waals surface area contributed by atoms with Gasteiger partial charge in [-0.05, 0) is 23.8 Å². The minimum absolute atomic E-state index is 0.0757. The van der Waals surface area contributed by atoms with Gasteiger partial charge in [0.2, 0.25) is 5.91 Å². The lowest BCUT2D eigenvalue weighted by Gasteiger charge is -2.32. The molecule has 0 saturated carbocycles. The highest BCUT2D eigenvalue weighted by Gasteiger charge is 2.38. The van der Waals surface area contributed by atoms with Crippen molar-refractivity contribution in [2.24, 2.45) is 5.41 Å². The van der Waals surface area contributed by atoms with Gasteiger partial charge in [-0.25, -0.2) is 0 Å². The maximum Gasteiger partial charge on any atom is 0.225 e. The molecule has 1 aromatic rings. The summed E-state index contributed by atoms with van der Waals surface area (Å²) in [6.07, 6.45) is 3.89. The van der Waals surface area contributed by atoms with Crippen molar-refractivity contribution in [3.8, 4) is 0 Å². The zero-order valence-corrected chi connectivity index (χ0v) is 15.0. The van der Waals surface area contributed by atoms with Gasteiger partial charge in [0, 0.05) is 13.5 Å². The number of hydrogen-bond donors (Lipinski definition) is 0. The quantitative estimate of drug-likeness (QED) is 0.681. The number of allylic oxidation sites excluding steroid dienone is 1. The molecular formula is C20H29NO3. The summed E-state index contributed by atoms with van der Waals surface area (Å²) in [6.45, 7) is 8.98. The van der Waals surface area contributed by atoms with Crippen LogP contribution in [0.2, 0.25) is 0 Å². The van der Waals surface area contributed by atoms with Gasteiger partial charge in [0.05, 0.1) is 19.3 Å². The first-order valence-corrected chi connectivity index (χ1v) is 8.56. The SMILES string of the molecule is C=CC(C)(C)CC(=O)N1C(OC)CC[C@H]1COCc1ccccc1.